The monoisotopic (exact) mass is 338 g/mol. The van der Waals surface area contributed by atoms with Crippen molar-refractivity contribution in [2.75, 3.05) is 7.11 Å². The van der Waals surface area contributed by atoms with Gasteiger partial charge in [0.15, 0.2) is 11.9 Å². The molecule has 0 radical (unpaired) electrons. The Morgan fingerprint density at radius 2 is 1.88 bits per heavy atom. The van der Waals surface area contributed by atoms with Crippen molar-refractivity contribution in [3.05, 3.63) is 64.9 Å². The Bertz CT molecular complexity index is 849. The molecule has 5 nitrogen and oxygen atoms in total. The second-order valence-electron chi connectivity index (χ2n) is 5.79. The van der Waals surface area contributed by atoms with Gasteiger partial charge in [-0.25, -0.2) is 4.79 Å². The molecule has 25 heavy (non-hydrogen) atoms. The number of benzene rings is 2. The van der Waals surface area contributed by atoms with Gasteiger partial charge < -0.3 is 14.2 Å². The summed E-state index contributed by atoms with van der Waals surface area (Å²) in [5.74, 6) is 0.455. The Kier molecular flexibility index (Phi) is 4.57. The van der Waals surface area contributed by atoms with Gasteiger partial charge in [0.2, 0.25) is 5.78 Å². The number of hydrogen-bond donors (Lipinski definition) is 0. The molecular formula is C20H18O5. The first-order valence-electron chi connectivity index (χ1n) is 7.87. The highest BCUT2D eigenvalue weighted by atomic mass is 16.6. The van der Waals surface area contributed by atoms with E-state index in [1.165, 1.54) is 7.11 Å². The van der Waals surface area contributed by atoms with E-state index < -0.39 is 12.1 Å². The molecule has 0 saturated heterocycles. The molecule has 0 spiro atoms. The van der Waals surface area contributed by atoms with Crippen LogP contribution in [0, 0.1) is 6.92 Å². The highest BCUT2D eigenvalue weighted by Gasteiger charge is 2.28. The lowest BCUT2D eigenvalue weighted by Gasteiger charge is -2.12. The maximum absolute atomic E-state index is 12.4. The number of aryl methyl sites for hydroxylation is 1. The van der Waals surface area contributed by atoms with Crippen LogP contribution < -0.4 is 9.47 Å². The Morgan fingerprint density at radius 1 is 1.16 bits per heavy atom. The van der Waals surface area contributed by atoms with Gasteiger partial charge in [0.05, 0.1) is 12.7 Å². The maximum atomic E-state index is 12.4. The second-order valence-corrected chi connectivity index (χ2v) is 5.79. The Morgan fingerprint density at radius 3 is 2.56 bits per heavy atom. The lowest BCUT2D eigenvalue weighted by molar-refractivity contribution is -0.147. The average Bonchev–Trinajstić information content (AvgIpc) is 2.91. The van der Waals surface area contributed by atoms with E-state index in [4.69, 9.17) is 9.47 Å². The van der Waals surface area contributed by atoms with Crippen molar-refractivity contribution in [2.45, 2.75) is 20.0 Å². The van der Waals surface area contributed by atoms with Crippen molar-refractivity contribution in [3.8, 4) is 11.5 Å². The van der Waals surface area contributed by atoms with Gasteiger partial charge in [-0.15, -0.1) is 0 Å². The van der Waals surface area contributed by atoms with Gasteiger partial charge in [0, 0.05) is 6.07 Å². The van der Waals surface area contributed by atoms with Crippen LogP contribution in [0.3, 0.4) is 0 Å². The molecular weight excluding hydrogens is 320 g/mol. The smallest absolute Gasteiger partial charge is 0.346 e. The zero-order valence-corrected chi connectivity index (χ0v) is 14.2. The summed E-state index contributed by atoms with van der Waals surface area (Å²) in [4.78, 5) is 23.9. The fraction of sp³-hybridized carbons (Fsp3) is 0.200. The number of ether oxygens (including phenoxy) is 3. The van der Waals surface area contributed by atoms with Crippen molar-refractivity contribution in [2.24, 2.45) is 0 Å². The molecule has 0 amide bonds. The normalized spacial score (nSPS) is 15.5. The molecule has 5 heteroatoms. The van der Waals surface area contributed by atoms with E-state index in [-0.39, 0.29) is 11.5 Å². The third-order valence-corrected chi connectivity index (χ3v) is 3.86. The van der Waals surface area contributed by atoms with Crippen molar-refractivity contribution >= 4 is 17.8 Å². The quantitative estimate of drug-likeness (QED) is 0.630. The van der Waals surface area contributed by atoms with Gasteiger partial charge in [-0.1, -0.05) is 29.8 Å². The van der Waals surface area contributed by atoms with Crippen LogP contribution in [-0.4, -0.2) is 25.0 Å². The standard InChI is InChI=1S/C20H18O5/c1-12-4-6-14(7-5-12)10-18-19(21)16-9-8-15(11-17(16)25-18)24-13(2)20(22)23-3/h4-11,13H,1-3H3/b18-10-. The first kappa shape index (κ1) is 16.8. The number of hydrogen-bond acceptors (Lipinski definition) is 5. The molecule has 1 aliphatic heterocycles. The third kappa shape index (κ3) is 3.55. The Hall–Kier alpha value is -3.08. The van der Waals surface area contributed by atoms with Gasteiger partial charge in [-0.2, -0.15) is 0 Å². The molecule has 0 N–H and O–H groups in total. The van der Waals surface area contributed by atoms with Crippen LogP contribution in [0.2, 0.25) is 0 Å². The summed E-state index contributed by atoms with van der Waals surface area (Å²) in [6.07, 6.45) is 0.960. The first-order chi connectivity index (χ1) is 12.0. The van der Waals surface area contributed by atoms with Gasteiger partial charge in [0.1, 0.15) is 11.5 Å². The van der Waals surface area contributed by atoms with Crippen molar-refractivity contribution < 1.29 is 23.8 Å². The largest absolute Gasteiger partial charge is 0.479 e. The van der Waals surface area contributed by atoms with Crippen molar-refractivity contribution in [3.63, 3.8) is 0 Å². The number of allylic oxidation sites excluding steroid dienone is 1. The molecule has 2 aromatic rings. The molecule has 0 fully saturated rings. The number of fused-ring (bicyclic) bond motifs is 1. The van der Waals surface area contributed by atoms with Crippen LogP contribution >= 0.6 is 0 Å². The molecule has 0 saturated carbocycles. The zero-order valence-electron chi connectivity index (χ0n) is 14.2. The van der Waals surface area contributed by atoms with E-state index in [1.54, 1.807) is 31.2 Å². The molecule has 1 heterocycles. The summed E-state index contributed by atoms with van der Waals surface area (Å²) in [6, 6.07) is 12.7. The Labute approximate surface area is 145 Å². The molecule has 1 aliphatic rings. The summed E-state index contributed by atoms with van der Waals surface area (Å²) >= 11 is 0. The number of rotatable bonds is 4. The van der Waals surface area contributed by atoms with E-state index in [0.29, 0.717) is 17.1 Å². The number of carbonyl (C=O) groups is 2. The van der Waals surface area contributed by atoms with Crippen molar-refractivity contribution in [1.29, 1.82) is 0 Å². The van der Waals surface area contributed by atoms with Crippen molar-refractivity contribution in [1.82, 2.24) is 0 Å². The maximum Gasteiger partial charge on any atom is 0.346 e. The molecule has 0 bridgehead atoms. The van der Waals surface area contributed by atoms with Crippen LogP contribution in [0.5, 0.6) is 11.5 Å². The first-order valence-corrected chi connectivity index (χ1v) is 7.87. The number of carbonyl (C=O) groups excluding carboxylic acids is 2. The number of Topliss-reactive ketones (excluding diaryl/α,β-unsaturated/α-hetero) is 1. The molecule has 1 unspecified atom stereocenters. The van der Waals surface area contributed by atoms with Gasteiger partial charge in [-0.05, 0) is 37.6 Å². The summed E-state index contributed by atoms with van der Waals surface area (Å²) < 4.78 is 15.8. The molecule has 128 valence electrons. The van der Waals surface area contributed by atoms with E-state index in [9.17, 15) is 9.59 Å². The van der Waals surface area contributed by atoms with Crippen LogP contribution in [0.1, 0.15) is 28.4 Å². The lowest BCUT2D eigenvalue weighted by Crippen LogP contribution is -2.24. The summed E-state index contributed by atoms with van der Waals surface area (Å²) in [6.45, 7) is 3.59. The fourth-order valence-corrected chi connectivity index (χ4v) is 2.47. The molecule has 2 aromatic carbocycles. The third-order valence-electron chi connectivity index (χ3n) is 3.86. The number of ketones is 1. The SMILES string of the molecule is COC(=O)C(C)Oc1ccc2c(c1)O/C(=C\c1ccc(C)cc1)C2=O. The molecule has 3 rings (SSSR count). The number of esters is 1. The van der Waals surface area contributed by atoms with E-state index in [1.807, 2.05) is 31.2 Å². The highest BCUT2D eigenvalue weighted by molar-refractivity contribution is 6.14. The highest BCUT2D eigenvalue weighted by Crippen LogP contribution is 2.35. The minimum absolute atomic E-state index is 0.178. The van der Waals surface area contributed by atoms with Gasteiger partial charge in [-0.3, -0.25) is 4.79 Å². The predicted molar refractivity (Wildman–Crippen MR) is 92.7 cm³/mol. The molecule has 1 atom stereocenters. The van der Waals surface area contributed by atoms with Gasteiger partial charge >= 0.3 is 5.97 Å². The topological polar surface area (TPSA) is 61.8 Å². The fourth-order valence-electron chi connectivity index (χ4n) is 2.47. The number of methoxy groups -OCH3 is 1. The van der Waals surface area contributed by atoms with Crippen LogP contribution in [0.15, 0.2) is 48.2 Å². The van der Waals surface area contributed by atoms with E-state index in [2.05, 4.69) is 4.74 Å². The summed E-state index contributed by atoms with van der Waals surface area (Å²) in [5, 5.41) is 0. The van der Waals surface area contributed by atoms with Gasteiger partial charge in [0.25, 0.3) is 0 Å². The van der Waals surface area contributed by atoms with Crippen LogP contribution in [0.4, 0.5) is 0 Å². The van der Waals surface area contributed by atoms with Crippen LogP contribution in [0.25, 0.3) is 6.08 Å². The van der Waals surface area contributed by atoms with E-state index in [0.717, 1.165) is 11.1 Å². The zero-order chi connectivity index (χ0) is 18.0. The minimum atomic E-state index is -0.747. The predicted octanol–water partition coefficient (Wildman–Crippen LogP) is 3.55. The minimum Gasteiger partial charge on any atom is -0.479 e. The molecule has 0 aromatic heterocycles. The lowest BCUT2D eigenvalue weighted by atomic mass is 10.1. The Balaban J connectivity index is 1.81. The summed E-state index contributed by atoms with van der Waals surface area (Å²) in [7, 11) is 1.30. The molecule has 0 aliphatic carbocycles. The summed E-state index contributed by atoms with van der Waals surface area (Å²) in [5.41, 5.74) is 2.50. The van der Waals surface area contributed by atoms with E-state index >= 15 is 0 Å². The van der Waals surface area contributed by atoms with Crippen LogP contribution in [-0.2, 0) is 9.53 Å². The average molecular weight is 338 g/mol. The second kappa shape index (κ2) is 6.81.